The summed E-state index contributed by atoms with van der Waals surface area (Å²) in [4.78, 5) is 14.3. The molecular weight excluding hydrogens is 284 g/mol. The number of halogens is 1. The number of nitrogens with one attached hydrogen (secondary N) is 2. The Hall–Kier alpha value is -0.820. The normalized spacial score (nSPS) is 19.5. The molecule has 1 saturated heterocycles. The van der Waals surface area contributed by atoms with E-state index in [1.54, 1.807) is 12.3 Å². The summed E-state index contributed by atoms with van der Waals surface area (Å²) in [6.45, 7) is 0. The van der Waals surface area contributed by atoms with E-state index in [2.05, 4.69) is 26.2 Å². The number of carbonyl (C=O) groups is 1. The van der Waals surface area contributed by atoms with E-state index in [4.69, 9.17) is 0 Å². The van der Waals surface area contributed by atoms with Crippen molar-refractivity contribution in [1.82, 2.24) is 10.3 Å². The first kappa shape index (κ1) is 10.7. The molecule has 2 heterocycles. The number of aromatic nitrogens is 1. The minimum atomic E-state index is -2.89. The molecule has 1 fully saturated rings. The van der Waals surface area contributed by atoms with Crippen LogP contribution in [0.3, 0.4) is 0 Å². The summed E-state index contributed by atoms with van der Waals surface area (Å²) >= 11 is 3.21. The van der Waals surface area contributed by atoms with E-state index in [1.807, 2.05) is 0 Å². The van der Waals surface area contributed by atoms with Gasteiger partial charge in [0, 0.05) is 10.7 Å². The average Bonchev–Trinajstić information content (AvgIpc) is 2.48. The lowest BCUT2D eigenvalue weighted by atomic mass is 10.3. The molecule has 0 radical (unpaired) electrons. The van der Waals surface area contributed by atoms with E-state index in [1.165, 1.54) is 0 Å². The van der Waals surface area contributed by atoms with Gasteiger partial charge in [-0.1, -0.05) is 0 Å². The Labute approximate surface area is 95.3 Å². The van der Waals surface area contributed by atoms with Crippen LogP contribution in [0.1, 0.15) is 10.5 Å². The molecule has 1 aromatic heterocycles. The van der Waals surface area contributed by atoms with Crippen molar-refractivity contribution in [2.24, 2.45) is 0 Å². The fourth-order valence-electron chi connectivity index (χ4n) is 1.41. The molecular formula is C8H9BrN2O3S. The molecule has 1 amide bonds. The van der Waals surface area contributed by atoms with Crippen LogP contribution in [0.4, 0.5) is 0 Å². The van der Waals surface area contributed by atoms with E-state index in [9.17, 15) is 13.2 Å². The summed E-state index contributed by atoms with van der Waals surface area (Å²) in [5.41, 5.74) is 0.422. The summed E-state index contributed by atoms with van der Waals surface area (Å²) in [5.74, 6) is -0.193. The number of aromatic amines is 1. The Morgan fingerprint density at radius 1 is 1.53 bits per heavy atom. The van der Waals surface area contributed by atoms with Crippen LogP contribution in [0.25, 0.3) is 0 Å². The van der Waals surface area contributed by atoms with Crippen molar-refractivity contribution >= 4 is 31.7 Å². The third-order valence-electron chi connectivity index (χ3n) is 2.14. The minimum absolute atomic E-state index is 0.0423. The highest BCUT2D eigenvalue weighted by Crippen LogP contribution is 2.13. The maximum Gasteiger partial charge on any atom is 0.268 e. The van der Waals surface area contributed by atoms with Gasteiger partial charge in [0.15, 0.2) is 9.84 Å². The summed E-state index contributed by atoms with van der Waals surface area (Å²) in [6, 6.07) is 1.40. The van der Waals surface area contributed by atoms with Crippen LogP contribution < -0.4 is 5.32 Å². The molecule has 0 atom stereocenters. The molecule has 1 aromatic rings. The number of H-pyrrole nitrogens is 1. The number of hydrogen-bond donors (Lipinski definition) is 2. The number of amides is 1. The van der Waals surface area contributed by atoms with Crippen LogP contribution >= 0.6 is 15.9 Å². The van der Waals surface area contributed by atoms with Crippen molar-refractivity contribution in [3.05, 3.63) is 22.4 Å². The molecule has 0 saturated carbocycles. The minimum Gasteiger partial charge on any atom is -0.356 e. The topological polar surface area (TPSA) is 79.0 Å². The van der Waals surface area contributed by atoms with Crippen molar-refractivity contribution in [2.45, 2.75) is 6.04 Å². The smallest absolute Gasteiger partial charge is 0.268 e. The third-order valence-corrected chi connectivity index (χ3v) is 4.42. The predicted molar refractivity (Wildman–Crippen MR) is 58.4 cm³/mol. The highest BCUT2D eigenvalue weighted by Gasteiger charge is 2.34. The predicted octanol–water partition coefficient (Wildman–Crippen LogP) is 0.304. The molecule has 0 aliphatic carbocycles. The van der Waals surface area contributed by atoms with Gasteiger partial charge in [-0.15, -0.1) is 0 Å². The maximum atomic E-state index is 11.5. The van der Waals surface area contributed by atoms with E-state index in [-0.39, 0.29) is 23.5 Å². The SMILES string of the molecule is O=C(NC1CS(=O)(=O)C1)c1cc(Br)c[nH]1. The highest BCUT2D eigenvalue weighted by molar-refractivity contribution is 9.10. The molecule has 0 aromatic carbocycles. The number of sulfone groups is 1. The van der Waals surface area contributed by atoms with Crippen LogP contribution in [0.5, 0.6) is 0 Å². The van der Waals surface area contributed by atoms with Gasteiger partial charge < -0.3 is 10.3 Å². The maximum absolute atomic E-state index is 11.5. The lowest BCUT2D eigenvalue weighted by Crippen LogP contribution is -2.53. The van der Waals surface area contributed by atoms with Gasteiger partial charge in [-0.2, -0.15) is 0 Å². The van der Waals surface area contributed by atoms with Gasteiger partial charge in [0.25, 0.3) is 5.91 Å². The average molecular weight is 293 g/mol. The van der Waals surface area contributed by atoms with Crippen molar-refractivity contribution in [3.8, 4) is 0 Å². The number of hydrogen-bond acceptors (Lipinski definition) is 3. The number of rotatable bonds is 2. The standard InChI is InChI=1S/C8H9BrN2O3S/c9-5-1-7(10-2-5)8(12)11-6-3-15(13,14)4-6/h1-2,6,10H,3-4H2,(H,11,12). The molecule has 2 rings (SSSR count). The summed E-state index contributed by atoms with van der Waals surface area (Å²) in [5, 5.41) is 2.63. The second-order valence-corrected chi connectivity index (χ2v) is 6.55. The van der Waals surface area contributed by atoms with Crippen LogP contribution in [-0.2, 0) is 9.84 Å². The number of carbonyl (C=O) groups excluding carboxylic acids is 1. The Bertz CT molecular complexity index is 482. The van der Waals surface area contributed by atoms with Gasteiger partial charge in [-0.3, -0.25) is 4.79 Å². The van der Waals surface area contributed by atoms with Crippen molar-refractivity contribution < 1.29 is 13.2 Å². The Balaban J connectivity index is 1.94. The zero-order valence-corrected chi connectivity index (χ0v) is 10.1. The van der Waals surface area contributed by atoms with Gasteiger partial charge in [0.1, 0.15) is 5.69 Å². The Morgan fingerprint density at radius 2 is 2.20 bits per heavy atom. The summed E-state index contributed by atoms with van der Waals surface area (Å²) in [7, 11) is -2.89. The van der Waals surface area contributed by atoms with E-state index in [0.717, 1.165) is 4.47 Å². The van der Waals surface area contributed by atoms with Crippen LogP contribution in [-0.4, -0.2) is 36.9 Å². The Kier molecular flexibility index (Phi) is 2.59. The largest absolute Gasteiger partial charge is 0.356 e. The van der Waals surface area contributed by atoms with E-state index < -0.39 is 9.84 Å². The molecule has 1 aliphatic heterocycles. The lowest BCUT2D eigenvalue weighted by Gasteiger charge is -2.26. The molecule has 0 spiro atoms. The van der Waals surface area contributed by atoms with E-state index >= 15 is 0 Å². The molecule has 82 valence electrons. The quantitative estimate of drug-likeness (QED) is 0.823. The molecule has 0 unspecified atom stereocenters. The van der Waals surface area contributed by atoms with Gasteiger partial charge in [-0.25, -0.2) is 8.42 Å². The zero-order valence-electron chi connectivity index (χ0n) is 7.66. The molecule has 5 nitrogen and oxygen atoms in total. The summed E-state index contributed by atoms with van der Waals surface area (Å²) < 4.78 is 22.5. The van der Waals surface area contributed by atoms with Gasteiger partial charge in [0.05, 0.1) is 17.5 Å². The lowest BCUT2D eigenvalue weighted by molar-refractivity contribution is 0.0937. The van der Waals surface area contributed by atoms with E-state index in [0.29, 0.717) is 5.69 Å². The van der Waals surface area contributed by atoms with Crippen molar-refractivity contribution in [2.75, 3.05) is 11.5 Å². The molecule has 15 heavy (non-hydrogen) atoms. The molecule has 0 bridgehead atoms. The monoisotopic (exact) mass is 292 g/mol. The first-order chi connectivity index (χ1) is 6.96. The zero-order chi connectivity index (χ0) is 11.1. The van der Waals surface area contributed by atoms with Crippen LogP contribution in [0.2, 0.25) is 0 Å². The first-order valence-electron chi connectivity index (χ1n) is 4.31. The molecule has 2 N–H and O–H groups in total. The van der Waals surface area contributed by atoms with Gasteiger partial charge in [0.2, 0.25) is 0 Å². The second kappa shape index (κ2) is 3.64. The fourth-order valence-corrected chi connectivity index (χ4v) is 3.05. The highest BCUT2D eigenvalue weighted by atomic mass is 79.9. The van der Waals surface area contributed by atoms with Crippen molar-refractivity contribution in [3.63, 3.8) is 0 Å². The van der Waals surface area contributed by atoms with Crippen LogP contribution in [0.15, 0.2) is 16.7 Å². The van der Waals surface area contributed by atoms with Crippen LogP contribution in [0, 0.1) is 0 Å². The first-order valence-corrected chi connectivity index (χ1v) is 6.93. The fraction of sp³-hybridized carbons (Fsp3) is 0.375. The molecule has 7 heteroatoms. The van der Waals surface area contributed by atoms with Crippen molar-refractivity contribution in [1.29, 1.82) is 0 Å². The van der Waals surface area contributed by atoms with Gasteiger partial charge >= 0.3 is 0 Å². The Morgan fingerprint density at radius 3 is 2.67 bits per heavy atom. The molecule has 1 aliphatic rings. The summed E-state index contributed by atoms with van der Waals surface area (Å²) in [6.07, 6.45) is 1.65. The van der Waals surface area contributed by atoms with Gasteiger partial charge in [-0.05, 0) is 22.0 Å². The third kappa shape index (κ3) is 2.40. The second-order valence-electron chi connectivity index (χ2n) is 3.48.